The Morgan fingerprint density at radius 1 is 1.17 bits per heavy atom. The molecule has 0 radical (unpaired) electrons. The zero-order valence-corrected chi connectivity index (χ0v) is 12.0. The summed E-state index contributed by atoms with van der Waals surface area (Å²) in [7, 11) is 0. The van der Waals surface area contributed by atoms with Crippen LogP contribution in [-0.4, -0.2) is 50.7 Å². The van der Waals surface area contributed by atoms with Crippen LogP contribution in [0.1, 0.15) is 12.0 Å². The van der Waals surface area contributed by atoms with E-state index in [9.17, 15) is 19.8 Å². The number of aliphatic hydroxyl groups is 2. The molecule has 7 heteroatoms. The number of phenols is 1. The number of carbonyl (C=O) groups excluding carboxylic acids is 1. The summed E-state index contributed by atoms with van der Waals surface area (Å²) in [6.45, 7) is 0. The van der Waals surface area contributed by atoms with Gasteiger partial charge in [0.2, 0.25) is 0 Å². The fraction of sp³-hybridized carbons (Fsp3) is 0.250. The third kappa shape index (κ3) is 4.41. The molecule has 1 aromatic carbocycles. The highest BCUT2D eigenvalue weighted by atomic mass is 16.6. The maximum atomic E-state index is 11.8. The molecule has 1 aliphatic rings. The highest BCUT2D eigenvalue weighted by Crippen LogP contribution is 2.22. The Morgan fingerprint density at radius 2 is 1.83 bits per heavy atom. The predicted octanol–water partition coefficient (Wildman–Crippen LogP) is 0.454. The second-order valence-electron chi connectivity index (χ2n) is 5.08. The summed E-state index contributed by atoms with van der Waals surface area (Å²) < 4.78 is 5.01. The first kappa shape index (κ1) is 16.7. The molecule has 4 N–H and O–H groups in total. The molecule has 2 rings (SSSR count). The minimum atomic E-state index is -1.41. The zero-order chi connectivity index (χ0) is 17.0. The van der Waals surface area contributed by atoms with Crippen molar-refractivity contribution in [1.82, 2.24) is 0 Å². The maximum Gasteiger partial charge on any atom is 0.331 e. The van der Waals surface area contributed by atoms with Crippen molar-refractivity contribution in [2.75, 3.05) is 0 Å². The number of carboxylic acids is 1. The van der Waals surface area contributed by atoms with E-state index >= 15 is 0 Å². The van der Waals surface area contributed by atoms with Gasteiger partial charge >= 0.3 is 11.9 Å². The predicted molar refractivity (Wildman–Crippen MR) is 79.4 cm³/mol. The number of aliphatic hydroxyl groups excluding tert-OH is 2. The number of aromatic hydroxyl groups is 1. The van der Waals surface area contributed by atoms with Gasteiger partial charge in [0.15, 0.2) is 0 Å². The molecule has 3 atom stereocenters. The average molecular weight is 320 g/mol. The Hall–Kier alpha value is -2.64. The van der Waals surface area contributed by atoms with Crippen LogP contribution in [0.5, 0.6) is 5.75 Å². The van der Waals surface area contributed by atoms with Gasteiger partial charge in [0.1, 0.15) is 24.1 Å². The van der Waals surface area contributed by atoms with E-state index < -0.39 is 30.3 Å². The first-order valence-electron chi connectivity index (χ1n) is 6.84. The highest BCUT2D eigenvalue weighted by Gasteiger charge is 2.35. The van der Waals surface area contributed by atoms with Crippen LogP contribution in [-0.2, 0) is 14.3 Å². The second kappa shape index (κ2) is 7.08. The number of benzene rings is 1. The lowest BCUT2D eigenvalue weighted by Crippen LogP contribution is -2.43. The molecule has 0 heterocycles. The van der Waals surface area contributed by atoms with Gasteiger partial charge in [-0.15, -0.1) is 0 Å². The van der Waals surface area contributed by atoms with Crippen molar-refractivity contribution in [3.05, 3.63) is 47.6 Å². The van der Waals surface area contributed by atoms with E-state index in [1.54, 1.807) is 12.1 Å². The van der Waals surface area contributed by atoms with Gasteiger partial charge in [-0.1, -0.05) is 12.1 Å². The van der Waals surface area contributed by atoms with Crippen LogP contribution in [0.3, 0.4) is 0 Å². The van der Waals surface area contributed by atoms with E-state index in [1.807, 2.05) is 0 Å². The lowest BCUT2D eigenvalue weighted by atomic mass is 9.92. The van der Waals surface area contributed by atoms with E-state index in [0.29, 0.717) is 5.56 Å². The van der Waals surface area contributed by atoms with Crippen molar-refractivity contribution in [3.63, 3.8) is 0 Å². The fourth-order valence-electron chi connectivity index (χ4n) is 2.14. The van der Waals surface area contributed by atoms with Gasteiger partial charge in [-0.05, 0) is 29.8 Å². The SMILES string of the molecule is O=C(/C=C/c1ccc(O)cc1)O[C@@H]1CC(C(=O)O)=C[C@@H](O)[C@H]1O. The molecule has 122 valence electrons. The van der Waals surface area contributed by atoms with Gasteiger partial charge < -0.3 is 25.2 Å². The number of aliphatic carboxylic acids is 1. The van der Waals surface area contributed by atoms with Gasteiger partial charge in [-0.3, -0.25) is 0 Å². The average Bonchev–Trinajstić information content (AvgIpc) is 2.51. The molecule has 1 aliphatic carbocycles. The van der Waals surface area contributed by atoms with Gasteiger partial charge in [-0.25, -0.2) is 9.59 Å². The molecule has 7 nitrogen and oxygen atoms in total. The first-order valence-corrected chi connectivity index (χ1v) is 6.84. The number of carbonyl (C=O) groups is 2. The molecule has 0 unspecified atom stereocenters. The second-order valence-corrected chi connectivity index (χ2v) is 5.08. The van der Waals surface area contributed by atoms with E-state index in [1.165, 1.54) is 18.2 Å². The third-order valence-corrected chi connectivity index (χ3v) is 3.37. The molecule has 0 saturated carbocycles. The minimum Gasteiger partial charge on any atom is -0.508 e. The number of ether oxygens (including phenoxy) is 1. The topological polar surface area (TPSA) is 124 Å². The molecule has 23 heavy (non-hydrogen) atoms. The summed E-state index contributed by atoms with van der Waals surface area (Å²) in [6.07, 6.45) is -0.530. The van der Waals surface area contributed by atoms with Crippen LogP contribution in [0.25, 0.3) is 6.08 Å². The molecular weight excluding hydrogens is 304 g/mol. The van der Waals surface area contributed by atoms with Crippen molar-refractivity contribution in [2.24, 2.45) is 0 Å². The standard InChI is InChI=1S/C16H16O7/c17-11-4-1-9(2-5-11)3-6-14(19)23-13-8-10(16(21)22)7-12(18)15(13)20/h1-7,12-13,15,17-18,20H,8H2,(H,21,22)/b6-3+/t12-,13-,15-/m1/s1. The normalized spacial score (nSPS) is 24.3. The summed E-state index contributed by atoms with van der Waals surface area (Å²) in [5, 5.41) is 37.5. The summed E-state index contributed by atoms with van der Waals surface area (Å²) in [5.74, 6) is -1.92. The molecule has 0 fully saturated rings. The Bertz CT molecular complexity index is 645. The summed E-state index contributed by atoms with van der Waals surface area (Å²) in [5.41, 5.74) is 0.526. The van der Waals surface area contributed by atoms with E-state index in [2.05, 4.69) is 0 Å². The quantitative estimate of drug-likeness (QED) is 0.469. The highest BCUT2D eigenvalue weighted by molar-refractivity contribution is 5.88. The Labute approximate surface area is 131 Å². The Kier molecular flexibility index (Phi) is 5.15. The number of rotatable bonds is 4. The molecule has 0 aliphatic heterocycles. The molecule has 0 amide bonds. The molecule has 0 saturated heterocycles. The molecule has 0 bridgehead atoms. The van der Waals surface area contributed by atoms with Crippen LogP contribution in [0, 0.1) is 0 Å². The molecule has 0 aromatic heterocycles. The number of esters is 1. The monoisotopic (exact) mass is 320 g/mol. The van der Waals surface area contributed by atoms with Crippen molar-refractivity contribution >= 4 is 18.0 Å². The van der Waals surface area contributed by atoms with Gasteiger partial charge in [0.05, 0.1) is 0 Å². The smallest absolute Gasteiger partial charge is 0.331 e. The van der Waals surface area contributed by atoms with E-state index in [4.69, 9.17) is 14.9 Å². The van der Waals surface area contributed by atoms with Crippen LogP contribution in [0.2, 0.25) is 0 Å². The minimum absolute atomic E-state index is 0.0945. The van der Waals surface area contributed by atoms with Gasteiger partial charge in [0, 0.05) is 18.1 Å². The van der Waals surface area contributed by atoms with Crippen molar-refractivity contribution in [2.45, 2.75) is 24.7 Å². The van der Waals surface area contributed by atoms with Crippen LogP contribution in [0.4, 0.5) is 0 Å². The van der Waals surface area contributed by atoms with E-state index in [0.717, 1.165) is 12.2 Å². The van der Waals surface area contributed by atoms with Crippen LogP contribution >= 0.6 is 0 Å². The van der Waals surface area contributed by atoms with Crippen molar-refractivity contribution in [3.8, 4) is 5.75 Å². The van der Waals surface area contributed by atoms with Crippen molar-refractivity contribution in [1.29, 1.82) is 0 Å². The Morgan fingerprint density at radius 3 is 2.43 bits per heavy atom. The number of phenolic OH excluding ortho intramolecular Hbond substituents is 1. The summed E-state index contributed by atoms with van der Waals surface area (Å²) in [6, 6.07) is 6.08. The van der Waals surface area contributed by atoms with Gasteiger partial charge in [0.25, 0.3) is 0 Å². The molecular formula is C16H16O7. The summed E-state index contributed by atoms with van der Waals surface area (Å²) >= 11 is 0. The third-order valence-electron chi connectivity index (χ3n) is 3.37. The molecule has 0 spiro atoms. The van der Waals surface area contributed by atoms with Gasteiger partial charge in [-0.2, -0.15) is 0 Å². The zero-order valence-electron chi connectivity index (χ0n) is 12.0. The molecule has 1 aromatic rings. The number of hydrogen-bond acceptors (Lipinski definition) is 6. The Balaban J connectivity index is 2.00. The number of hydrogen-bond donors (Lipinski definition) is 4. The van der Waals surface area contributed by atoms with E-state index in [-0.39, 0.29) is 17.7 Å². The van der Waals surface area contributed by atoms with Crippen LogP contribution in [0.15, 0.2) is 42.0 Å². The first-order chi connectivity index (χ1) is 10.9. The van der Waals surface area contributed by atoms with Crippen LogP contribution < -0.4 is 0 Å². The maximum absolute atomic E-state index is 11.8. The lowest BCUT2D eigenvalue weighted by Gasteiger charge is -2.29. The lowest BCUT2D eigenvalue weighted by molar-refractivity contribution is -0.154. The number of carboxylic acid groups (broad SMARTS) is 1. The summed E-state index contributed by atoms with van der Waals surface area (Å²) in [4.78, 5) is 22.7. The van der Waals surface area contributed by atoms with Crippen molar-refractivity contribution < 1.29 is 34.8 Å². The largest absolute Gasteiger partial charge is 0.508 e. The fourth-order valence-corrected chi connectivity index (χ4v) is 2.14.